The molecule has 4 rings (SSSR count). The molecule has 2 aromatic carbocycles. The number of benzene rings is 2. The predicted octanol–water partition coefficient (Wildman–Crippen LogP) is 14.1. The molecule has 0 spiro atoms. The van der Waals surface area contributed by atoms with Crippen LogP contribution in [0.1, 0.15) is 208 Å². The monoisotopic (exact) mass is 1100 g/mol. The Bertz CT molecular complexity index is 2740. The second kappa shape index (κ2) is 33.1. The average molecular weight is 1100 g/mol. The number of pyridine rings is 1. The summed E-state index contributed by atoms with van der Waals surface area (Å²) in [4.78, 5) is 87.3. The number of ketones is 1. The second-order valence-corrected chi connectivity index (χ2v) is 21.9. The Morgan fingerprint density at radius 3 is 1.39 bits per heavy atom. The number of carbonyl (C=O) groups is 5. The van der Waals surface area contributed by atoms with Crippen molar-refractivity contribution in [3.05, 3.63) is 104 Å². The number of primary amides is 2. The maximum atomic E-state index is 14.4. The Labute approximate surface area is 475 Å². The van der Waals surface area contributed by atoms with Gasteiger partial charge in [0.2, 0.25) is 5.88 Å². The van der Waals surface area contributed by atoms with Gasteiger partial charge in [0.25, 0.3) is 29.2 Å². The highest BCUT2D eigenvalue weighted by molar-refractivity contribution is 6.08. The lowest BCUT2D eigenvalue weighted by Gasteiger charge is -2.31. The molecule has 17 nitrogen and oxygen atoms in total. The van der Waals surface area contributed by atoms with Gasteiger partial charge in [-0.2, -0.15) is 10.2 Å². The van der Waals surface area contributed by atoms with Crippen molar-refractivity contribution >= 4 is 46.5 Å². The molecular weight excluding hydrogens is 1010 g/mol. The highest BCUT2D eigenvalue weighted by Gasteiger charge is 2.38. The van der Waals surface area contributed by atoms with Crippen LogP contribution in [0.3, 0.4) is 0 Å². The molecule has 0 saturated carbocycles. The van der Waals surface area contributed by atoms with Gasteiger partial charge < -0.3 is 31.5 Å². The Kier molecular flexibility index (Phi) is 27.2. The quantitative estimate of drug-likeness (QED) is 0.0411. The number of aromatic nitrogens is 1. The molecule has 4 amide bonds. The Balaban J connectivity index is 1.68. The number of azo groups is 2. The normalized spacial score (nSPS) is 15.4. The maximum Gasteiger partial charge on any atom is 0.281 e. The molecule has 0 bridgehead atoms. The fraction of sp³-hybridized carbons (Fsp3) is 0.587. The minimum Gasteiger partial charge on any atom is -0.511 e. The molecule has 5 unspecified atom stereocenters. The molecular formula is C63H93N9O8. The van der Waals surface area contributed by atoms with Crippen molar-refractivity contribution in [2.75, 3.05) is 26.2 Å². The van der Waals surface area contributed by atoms with Gasteiger partial charge in [0, 0.05) is 49.4 Å². The average Bonchev–Trinajstić information content (AvgIpc) is 3.46. The number of allylic oxidation sites excluding steroid dienone is 2. The maximum absolute atomic E-state index is 14.4. The van der Waals surface area contributed by atoms with E-state index in [9.17, 15) is 39.0 Å². The fourth-order valence-electron chi connectivity index (χ4n) is 10.7. The van der Waals surface area contributed by atoms with Crippen LogP contribution in [0.2, 0.25) is 0 Å². The van der Waals surface area contributed by atoms with Gasteiger partial charge >= 0.3 is 0 Å². The molecule has 0 radical (unpaired) electrons. The molecule has 1 aliphatic rings. The zero-order valence-corrected chi connectivity index (χ0v) is 49.7. The van der Waals surface area contributed by atoms with Crippen molar-refractivity contribution in [2.24, 2.45) is 61.5 Å². The number of hydrogen-bond acceptors (Lipinski definition) is 12. The standard InChI is InChI=1S/C63H93N9O8/c1-11-19-25-43(15-5)37-70(38-44(16-6)26-20-12-2)60(77)47-29-23-31-49(35-47)66-68-54-41(9)52(58(64)75)56(73)51(57(54)74)33-34-72-62(79)53(59(65)76)42(10)55(63(72)80)69-67-50-32-24-30-48(36-50)61(78)71(39-45(17-7)27-21-13-3)40-46(18-8)28-22-14-4/h23-24,29-32,35-36,43-46,51,73,79H,11-22,25-28,33-34,37-40H2,1-10H3,(H2,64,75)(H2,65,76). The van der Waals surface area contributed by atoms with E-state index in [2.05, 4.69) is 75.8 Å². The van der Waals surface area contributed by atoms with Crippen LogP contribution in [0.5, 0.6) is 5.88 Å². The number of unbranched alkanes of at least 4 members (excludes halogenated alkanes) is 4. The molecule has 0 aliphatic heterocycles. The number of Topliss-reactive ketones (excluding diaryl/α,β-unsaturated/α-hetero) is 1. The first-order valence-corrected chi connectivity index (χ1v) is 29.7. The van der Waals surface area contributed by atoms with Crippen molar-refractivity contribution < 1.29 is 34.2 Å². The lowest BCUT2D eigenvalue weighted by atomic mass is 9.83. The molecule has 0 saturated heterocycles. The summed E-state index contributed by atoms with van der Waals surface area (Å²) in [5.74, 6) is -4.73. The van der Waals surface area contributed by atoms with E-state index in [0.29, 0.717) is 61.0 Å². The number of rotatable bonds is 35. The van der Waals surface area contributed by atoms with Crippen LogP contribution < -0.4 is 17.0 Å². The Hall–Kier alpha value is -6.78. The summed E-state index contributed by atoms with van der Waals surface area (Å²) in [6.07, 6.45) is 16.1. The van der Waals surface area contributed by atoms with Crippen molar-refractivity contribution in [1.29, 1.82) is 0 Å². The van der Waals surface area contributed by atoms with E-state index in [1.54, 1.807) is 48.5 Å². The molecule has 0 fully saturated rings. The van der Waals surface area contributed by atoms with E-state index in [1.807, 2.05) is 9.80 Å². The summed E-state index contributed by atoms with van der Waals surface area (Å²) >= 11 is 0. The van der Waals surface area contributed by atoms with Gasteiger partial charge in [-0.15, -0.1) is 10.2 Å². The Morgan fingerprint density at radius 2 is 1.01 bits per heavy atom. The third kappa shape index (κ3) is 17.9. The van der Waals surface area contributed by atoms with Gasteiger partial charge in [0.15, 0.2) is 11.5 Å². The highest BCUT2D eigenvalue weighted by Crippen LogP contribution is 2.36. The van der Waals surface area contributed by atoms with Gasteiger partial charge in [-0.25, -0.2) is 0 Å². The van der Waals surface area contributed by atoms with Crippen LogP contribution >= 0.6 is 0 Å². The first-order chi connectivity index (χ1) is 38.3. The van der Waals surface area contributed by atoms with Crippen LogP contribution in [-0.4, -0.2) is 80.2 Å². The molecule has 1 aromatic heterocycles. The van der Waals surface area contributed by atoms with E-state index in [-0.39, 0.29) is 51.3 Å². The van der Waals surface area contributed by atoms with E-state index >= 15 is 0 Å². The minimum absolute atomic E-state index is 0.0319. The molecule has 438 valence electrons. The van der Waals surface area contributed by atoms with Gasteiger partial charge in [-0.1, -0.05) is 145 Å². The minimum atomic E-state index is -1.51. The summed E-state index contributed by atoms with van der Waals surface area (Å²) in [6.45, 7) is 22.1. The topological polar surface area (TPSA) is 256 Å². The number of aliphatic hydroxyl groups is 1. The molecule has 80 heavy (non-hydrogen) atoms. The summed E-state index contributed by atoms with van der Waals surface area (Å²) in [6, 6.07) is 13.3. The number of amides is 4. The predicted molar refractivity (Wildman–Crippen MR) is 317 cm³/mol. The summed E-state index contributed by atoms with van der Waals surface area (Å²) in [7, 11) is 0. The zero-order chi connectivity index (χ0) is 59.1. The summed E-state index contributed by atoms with van der Waals surface area (Å²) < 4.78 is 0.798. The third-order valence-electron chi connectivity index (χ3n) is 16.0. The van der Waals surface area contributed by atoms with Gasteiger partial charge in [-0.3, -0.25) is 33.3 Å². The number of nitrogens with two attached hydrogens (primary N) is 2. The van der Waals surface area contributed by atoms with Crippen molar-refractivity contribution in [3.63, 3.8) is 0 Å². The summed E-state index contributed by atoms with van der Waals surface area (Å²) in [5.41, 5.74) is 10.5. The lowest BCUT2D eigenvalue weighted by molar-refractivity contribution is -0.119. The first-order valence-electron chi connectivity index (χ1n) is 29.7. The molecule has 5 atom stereocenters. The highest BCUT2D eigenvalue weighted by atomic mass is 16.3. The van der Waals surface area contributed by atoms with E-state index in [4.69, 9.17) is 11.5 Å². The SMILES string of the molecule is CCCCC(CC)CN(CC(CC)CCCC)C(=O)c1cccc(N=NC2=C(C)C(C(N)=O)=C(O)C(CCn3c(O)c(C(N)=O)c(C)c(N=Nc4cccc(C(=O)N(CC(CC)CCCC)CC(CC)CCCC)c4)c3=O)C2=O)c1. The zero-order valence-electron chi connectivity index (χ0n) is 49.7. The lowest BCUT2D eigenvalue weighted by Crippen LogP contribution is -2.39. The molecule has 1 heterocycles. The van der Waals surface area contributed by atoms with Crippen LogP contribution in [0.15, 0.2) is 96.4 Å². The molecule has 17 heteroatoms. The van der Waals surface area contributed by atoms with E-state index < -0.39 is 59.2 Å². The number of aromatic hydroxyl groups is 1. The number of hydrogen-bond donors (Lipinski definition) is 4. The first kappa shape index (κ1) is 65.7. The van der Waals surface area contributed by atoms with E-state index in [1.165, 1.54) is 13.8 Å². The second-order valence-electron chi connectivity index (χ2n) is 21.9. The molecule has 1 aliphatic carbocycles. The van der Waals surface area contributed by atoms with Crippen molar-refractivity contribution in [1.82, 2.24) is 14.4 Å². The largest absolute Gasteiger partial charge is 0.511 e. The van der Waals surface area contributed by atoms with Gasteiger partial charge in [-0.05, 0) is 112 Å². The van der Waals surface area contributed by atoms with Crippen molar-refractivity contribution in [3.8, 4) is 5.88 Å². The van der Waals surface area contributed by atoms with E-state index in [0.717, 1.165) is 107 Å². The van der Waals surface area contributed by atoms with Crippen LogP contribution in [0.25, 0.3) is 0 Å². The fourth-order valence-corrected chi connectivity index (χ4v) is 10.7. The number of aliphatic hydroxyl groups excluding tert-OH is 1. The number of nitrogens with zero attached hydrogens (tertiary/aromatic N) is 7. The van der Waals surface area contributed by atoms with Gasteiger partial charge in [0.05, 0.1) is 22.9 Å². The smallest absolute Gasteiger partial charge is 0.281 e. The van der Waals surface area contributed by atoms with Crippen LogP contribution in [-0.2, 0) is 16.1 Å². The molecule has 3 aromatic rings. The summed E-state index contributed by atoms with van der Waals surface area (Å²) in [5, 5.41) is 40.3. The van der Waals surface area contributed by atoms with Crippen molar-refractivity contribution in [2.45, 2.75) is 185 Å². The van der Waals surface area contributed by atoms with Crippen LogP contribution in [0.4, 0.5) is 17.1 Å². The number of carbonyl (C=O) groups excluding carboxylic acids is 5. The van der Waals surface area contributed by atoms with Gasteiger partial charge in [0.1, 0.15) is 17.0 Å². The molecule has 6 N–H and O–H groups in total. The Morgan fingerprint density at radius 1 is 0.600 bits per heavy atom. The third-order valence-corrected chi connectivity index (χ3v) is 16.0. The van der Waals surface area contributed by atoms with Crippen LogP contribution in [0, 0.1) is 36.5 Å².